The van der Waals surface area contributed by atoms with Gasteiger partial charge in [-0.25, -0.2) is 4.68 Å². The van der Waals surface area contributed by atoms with Gasteiger partial charge in [0.05, 0.1) is 21.5 Å². The van der Waals surface area contributed by atoms with Gasteiger partial charge in [-0.3, -0.25) is 4.79 Å². The summed E-state index contributed by atoms with van der Waals surface area (Å²) in [6.45, 7) is 0. The largest absolute Gasteiger partial charge is 0.335 e. The molecule has 0 spiro atoms. The van der Waals surface area contributed by atoms with Crippen molar-refractivity contribution in [1.29, 1.82) is 0 Å². The van der Waals surface area contributed by atoms with Crippen molar-refractivity contribution in [3.63, 3.8) is 0 Å². The van der Waals surface area contributed by atoms with E-state index in [0.717, 1.165) is 17.3 Å². The summed E-state index contributed by atoms with van der Waals surface area (Å²) < 4.78 is 1.33. The topological polar surface area (TPSA) is 85.8 Å². The smallest absolute Gasteiger partial charge is 0.234 e. The molecule has 26 heavy (non-hydrogen) atoms. The standard InChI is InChI=1S/C16H12Cl3N5OS/c17-10-6-4-9(5-7-10)15-22-23-16(24(15)20)26-8-13(25)21-12-3-1-2-11(18)14(12)19/h1-7H,8,20H2,(H,21,25). The van der Waals surface area contributed by atoms with E-state index in [1.165, 1.54) is 4.68 Å². The molecule has 0 unspecified atom stereocenters. The number of amides is 1. The van der Waals surface area contributed by atoms with Crippen LogP contribution >= 0.6 is 46.6 Å². The van der Waals surface area contributed by atoms with E-state index in [1.807, 2.05) is 0 Å². The Balaban J connectivity index is 1.66. The van der Waals surface area contributed by atoms with Gasteiger partial charge in [0.15, 0.2) is 5.82 Å². The van der Waals surface area contributed by atoms with Crippen LogP contribution in [0.3, 0.4) is 0 Å². The van der Waals surface area contributed by atoms with E-state index < -0.39 is 0 Å². The van der Waals surface area contributed by atoms with Crippen LogP contribution in [0.15, 0.2) is 47.6 Å². The number of halogens is 3. The minimum Gasteiger partial charge on any atom is -0.335 e. The number of hydrogen-bond donors (Lipinski definition) is 2. The van der Waals surface area contributed by atoms with Gasteiger partial charge in [0.1, 0.15) is 0 Å². The number of carbonyl (C=O) groups is 1. The van der Waals surface area contributed by atoms with Crippen molar-refractivity contribution in [2.24, 2.45) is 0 Å². The Morgan fingerprint density at radius 3 is 2.58 bits per heavy atom. The molecular formula is C16H12Cl3N5OS. The maximum atomic E-state index is 12.1. The fraction of sp³-hybridized carbons (Fsp3) is 0.0625. The molecule has 3 aromatic rings. The van der Waals surface area contributed by atoms with Gasteiger partial charge < -0.3 is 11.2 Å². The van der Waals surface area contributed by atoms with Crippen LogP contribution in [0, 0.1) is 0 Å². The van der Waals surface area contributed by atoms with Crippen molar-refractivity contribution in [3.8, 4) is 11.4 Å². The van der Waals surface area contributed by atoms with Gasteiger partial charge in [0.2, 0.25) is 11.1 Å². The van der Waals surface area contributed by atoms with E-state index in [2.05, 4.69) is 15.5 Å². The predicted molar refractivity (Wildman–Crippen MR) is 106 cm³/mol. The number of nitrogen functional groups attached to an aromatic ring is 1. The molecule has 1 amide bonds. The third-order valence-corrected chi connectivity index (χ3v) is 5.34. The fourth-order valence-corrected chi connectivity index (χ4v) is 3.22. The highest BCUT2D eigenvalue weighted by atomic mass is 35.5. The van der Waals surface area contributed by atoms with Crippen LogP contribution in [0.2, 0.25) is 15.1 Å². The van der Waals surface area contributed by atoms with Crippen LogP contribution in [0.5, 0.6) is 0 Å². The van der Waals surface area contributed by atoms with Crippen LogP contribution < -0.4 is 11.2 Å². The summed E-state index contributed by atoms with van der Waals surface area (Å²) in [5.41, 5.74) is 1.22. The van der Waals surface area contributed by atoms with Crippen molar-refractivity contribution < 1.29 is 4.79 Å². The number of nitrogens with two attached hydrogens (primary N) is 1. The Bertz CT molecular complexity index is 946. The first-order valence-corrected chi connectivity index (χ1v) is 9.40. The molecule has 0 saturated carbocycles. The van der Waals surface area contributed by atoms with E-state index in [4.69, 9.17) is 40.6 Å². The number of benzene rings is 2. The molecule has 0 radical (unpaired) electrons. The highest BCUT2D eigenvalue weighted by Crippen LogP contribution is 2.30. The van der Waals surface area contributed by atoms with Crippen molar-refractivity contribution >= 4 is 58.2 Å². The van der Waals surface area contributed by atoms with Crippen LogP contribution in [0.1, 0.15) is 0 Å². The average Bonchev–Trinajstić information content (AvgIpc) is 2.99. The summed E-state index contributed by atoms with van der Waals surface area (Å²) in [6.07, 6.45) is 0. The lowest BCUT2D eigenvalue weighted by Gasteiger charge is -2.08. The third kappa shape index (κ3) is 4.24. The minimum absolute atomic E-state index is 0.0821. The summed E-state index contributed by atoms with van der Waals surface area (Å²) in [6, 6.07) is 12.1. The molecule has 10 heteroatoms. The molecular weight excluding hydrogens is 417 g/mol. The Morgan fingerprint density at radius 2 is 1.85 bits per heavy atom. The van der Waals surface area contributed by atoms with Crippen molar-refractivity contribution in [3.05, 3.63) is 57.5 Å². The summed E-state index contributed by atoms with van der Waals surface area (Å²) in [5.74, 6) is 6.31. The van der Waals surface area contributed by atoms with Crippen LogP contribution in [-0.2, 0) is 4.79 Å². The monoisotopic (exact) mass is 427 g/mol. The first-order valence-electron chi connectivity index (χ1n) is 7.29. The number of nitrogens with one attached hydrogen (secondary N) is 1. The van der Waals surface area contributed by atoms with Crippen molar-refractivity contribution in [2.75, 3.05) is 16.9 Å². The van der Waals surface area contributed by atoms with E-state index in [1.54, 1.807) is 42.5 Å². The molecule has 0 atom stereocenters. The van der Waals surface area contributed by atoms with E-state index in [9.17, 15) is 4.79 Å². The molecule has 3 rings (SSSR count). The zero-order valence-corrected chi connectivity index (χ0v) is 16.2. The number of rotatable bonds is 5. The maximum Gasteiger partial charge on any atom is 0.234 e. The summed E-state index contributed by atoms with van der Waals surface area (Å²) >= 11 is 19.0. The number of hydrogen-bond acceptors (Lipinski definition) is 5. The van der Waals surface area contributed by atoms with E-state index in [0.29, 0.717) is 31.7 Å². The summed E-state index contributed by atoms with van der Waals surface area (Å²) in [5, 5.41) is 12.4. The highest BCUT2D eigenvalue weighted by molar-refractivity contribution is 7.99. The second kappa shape index (κ2) is 8.18. The molecule has 0 aliphatic rings. The Hall–Kier alpha value is -1.93. The molecule has 2 aromatic carbocycles. The quantitative estimate of drug-likeness (QED) is 0.466. The maximum absolute atomic E-state index is 12.1. The number of carbonyl (C=O) groups excluding carboxylic acids is 1. The van der Waals surface area contributed by atoms with Crippen molar-refractivity contribution in [1.82, 2.24) is 14.9 Å². The molecule has 3 N–H and O–H groups in total. The second-order valence-electron chi connectivity index (χ2n) is 5.12. The second-order valence-corrected chi connectivity index (χ2v) is 7.29. The first-order chi connectivity index (χ1) is 12.5. The lowest BCUT2D eigenvalue weighted by atomic mass is 10.2. The fourth-order valence-electron chi connectivity index (χ4n) is 2.09. The summed E-state index contributed by atoms with van der Waals surface area (Å²) in [4.78, 5) is 12.1. The normalized spacial score (nSPS) is 10.7. The first kappa shape index (κ1) is 18.8. The average molecular weight is 429 g/mol. The van der Waals surface area contributed by atoms with Gasteiger partial charge in [0.25, 0.3) is 0 Å². The lowest BCUT2D eigenvalue weighted by Crippen LogP contribution is -2.16. The summed E-state index contributed by atoms with van der Waals surface area (Å²) in [7, 11) is 0. The SMILES string of the molecule is Nn1c(SCC(=O)Nc2cccc(Cl)c2Cl)nnc1-c1ccc(Cl)cc1. The molecule has 0 aliphatic heterocycles. The lowest BCUT2D eigenvalue weighted by molar-refractivity contribution is -0.113. The van der Waals surface area contributed by atoms with Crippen LogP contribution in [0.4, 0.5) is 5.69 Å². The zero-order valence-electron chi connectivity index (χ0n) is 13.1. The molecule has 6 nitrogen and oxygen atoms in total. The Morgan fingerprint density at radius 1 is 1.12 bits per heavy atom. The van der Waals surface area contributed by atoms with Gasteiger partial charge >= 0.3 is 0 Å². The van der Waals surface area contributed by atoms with Gasteiger partial charge in [-0.2, -0.15) is 0 Å². The molecule has 134 valence electrons. The van der Waals surface area contributed by atoms with E-state index >= 15 is 0 Å². The third-order valence-electron chi connectivity index (χ3n) is 3.33. The molecule has 0 bridgehead atoms. The molecule has 1 aromatic heterocycles. The van der Waals surface area contributed by atoms with Crippen molar-refractivity contribution in [2.45, 2.75) is 5.16 Å². The van der Waals surface area contributed by atoms with Gasteiger partial charge in [-0.1, -0.05) is 52.6 Å². The van der Waals surface area contributed by atoms with Crippen LogP contribution in [0.25, 0.3) is 11.4 Å². The molecule has 0 fully saturated rings. The minimum atomic E-state index is -0.268. The predicted octanol–water partition coefficient (Wildman–Crippen LogP) is 4.35. The highest BCUT2D eigenvalue weighted by Gasteiger charge is 2.14. The Kier molecular flexibility index (Phi) is 5.93. The van der Waals surface area contributed by atoms with Gasteiger partial charge in [0, 0.05) is 10.6 Å². The van der Waals surface area contributed by atoms with Gasteiger partial charge in [-0.05, 0) is 36.4 Å². The van der Waals surface area contributed by atoms with Gasteiger partial charge in [-0.15, -0.1) is 10.2 Å². The number of aromatic nitrogens is 3. The van der Waals surface area contributed by atoms with E-state index in [-0.39, 0.29) is 11.7 Å². The molecule has 0 saturated heterocycles. The molecule has 0 aliphatic carbocycles. The molecule has 1 heterocycles. The number of nitrogens with zero attached hydrogens (tertiary/aromatic N) is 3. The number of anilines is 1. The Labute approximate surface area is 168 Å². The van der Waals surface area contributed by atoms with Crippen LogP contribution in [-0.4, -0.2) is 26.5 Å². The zero-order chi connectivity index (χ0) is 18.7. The number of thioether (sulfide) groups is 1.